The summed E-state index contributed by atoms with van der Waals surface area (Å²) in [4.78, 5) is 50.1. The van der Waals surface area contributed by atoms with E-state index >= 15 is 0 Å². The Morgan fingerprint density at radius 2 is 1.88 bits per heavy atom. The molecule has 0 radical (unpaired) electrons. The second-order valence-corrected chi connectivity index (χ2v) is 7.81. The molecule has 2 amide bonds. The highest BCUT2D eigenvalue weighted by atomic mass is 35.5. The highest BCUT2D eigenvalue weighted by Gasteiger charge is 2.38. The van der Waals surface area contributed by atoms with Crippen LogP contribution in [-0.4, -0.2) is 47.1 Å². The van der Waals surface area contributed by atoms with Gasteiger partial charge in [-0.05, 0) is 42.8 Å². The van der Waals surface area contributed by atoms with Gasteiger partial charge in [0.25, 0.3) is 5.91 Å². The van der Waals surface area contributed by atoms with E-state index in [1.54, 1.807) is 31.2 Å². The Kier molecular flexibility index (Phi) is 7.58. The van der Waals surface area contributed by atoms with E-state index in [-0.39, 0.29) is 30.8 Å². The van der Waals surface area contributed by atoms with Crippen LogP contribution in [0.15, 0.2) is 48.5 Å². The van der Waals surface area contributed by atoms with E-state index in [0.29, 0.717) is 5.56 Å². The number of halogens is 2. The summed E-state index contributed by atoms with van der Waals surface area (Å²) in [5.41, 5.74) is 3.86. The zero-order valence-electron chi connectivity index (χ0n) is 17.3. The smallest absolute Gasteiger partial charge is 0.312 e. The van der Waals surface area contributed by atoms with Crippen molar-refractivity contribution in [1.82, 2.24) is 10.4 Å². The number of aryl methyl sites for hydroxylation is 1. The van der Waals surface area contributed by atoms with Gasteiger partial charge in [-0.25, -0.2) is 4.39 Å². The number of hydrogen-bond donors (Lipinski definition) is 1. The Labute approximate surface area is 189 Å². The van der Waals surface area contributed by atoms with Crippen LogP contribution in [0.1, 0.15) is 39.1 Å². The number of alkyl halides is 1. The quantitative estimate of drug-likeness (QED) is 0.371. The zero-order chi connectivity index (χ0) is 23.3. The lowest BCUT2D eigenvalue weighted by molar-refractivity contribution is -0.151. The van der Waals surface area contributed by atoms with Crippen LogP contribution in [0, 0.1) is 18.7 Å². The molecule has 168 valence electrons. The maximum Gasteiger partial charge on any atom is 0.312 e. The van der Waals surface area contributed by atoms with Crippen LogP contribution in [0.2, 0.25) is 0 Å². The molecule has 1 aliphatic rings. The van der Waals surface area contributed by atoms with E-state index in [9.17, 15) is 23.6 Å². The summed E-state index contributed by atoms with van der Waals surface area (Å²) < 4.78 is 18.5. The third-order valence-electron chi connectivity index (χ3n) is 5.14. The monoisotopic (exact) mass is 460 g/mol. The van der Waals surface area contributed by atoms with Crippen molar-refractivity contribution in [2.45, 2.75) is 25.9 Å². The number of hydrogen-bond acceptors (Lipinski definition) is 5. The summed E-state index contributed by atoms with van der Waals surface area (Å²) in [7, 11) is 0. The third kappa shape index (κ3) is 5.50. The highest BCUT2D eigenvalue weighted by molar-refractivity contribution is 6.18. The van der Waals surface area contributed by atoms with Gasteiger partial charge < -0.3 is 4.74 Å². The van der Waals surface area contributed by atoms with Gasteiger partial charge in [-0.2, -0.15) is 0 Å². The van der Waals surface area contributed by atoms with Crippen molar-refractivity contribution in [3.63, 3.8) is 0 Å². The average molecular weight is 461 g/mol. The van der Waals surface area contributed by atoms with Crippen LogP contribution in [0.4, 0.5) is 4.39 Å². The predicted octanol–water partition coefficient (Wildman–Crippen LogP) is 3.05. The van der Waals surface area contributed by atoms with Gasteiger partial charge in [0.1, 0.15) is 5.82 Å². The summed E-state index contributed by atoms with van der Waals surface area (Å²) in [5.74, 6) is -3.43. The molecule has 32 heavy (non-hydrogen) atoms. The number of carbonyl (C=O) groups excluding carboxylic acids is 4. The first-order valence-electron chi connectivity index (χ1n) is 10.0. The first-order valence-corrected chi connectivity index (χ1v) is 10.6. The van der Waals surface area contributed by atoms with Gasteiger partial charge in [-0.1, -0.05) is 18.2 Å². The van der Waals surface area contributed by atoms with E-state index in [1.807, 2.05) is 0 Å². The van der Waals surface area contributed by atoms with Gasteiger partial charge in [0.05, 0.1) is 12.5 Å². The molecule has 0 aromatic heterocycles. The standard InChI is InChI=1S/C23H22ClFN2O5/c1-14-4-2-3-5-18(14)22(30)26-27-13-16(12-20(27)28)23(31)32-19(10-11-24)21(29)15-6-8-17(25)9-7-15/h2-9,16,19H,10-13H2,1H3,(H,26,30)/t16-,19+/m1/s1. The van der Waals surface area contributed by atoms with E-state index in [0.717, 1.165) is 22.7 Å². The van der Waals surface area contributed by atoms with Crippen LogP contribution in [-0.2, 0) is 14.3 Å². The van der Waals surface area contributed by atoms with E-state index in [2.05, 4.69) is 5.43 Å². The normalized spacial score (nSPS) is 16.5. The molecular formula is C23H22ClFN2O5. The van der Waals surface area contributed by atoms with Crippen molar-refractivity contribution in [3.05, 3.63) is 71.0 Å². The molecule has 2 aromatic carbocycles. The minimum atomic E-state index is -1.16. The predicted molar refractivity (Wildman–Crippen MR) is 114 cm³/mol. The molecule has 0 bridgehead atoms. The SMILES string of the molecule is Cc1ccccc1C(=O)NN1C[C@H](C(=O)O[C@@H](CCCl)C(=O)c2ccc(F)cc2)CC1=O. The summed E-state index contributed by atoms with van der Waals surface area (Å²) >= 11 is 5.76. The molecule has 9 heteroatoms. The molecule has 0 aliphatic carbocycles. The maximum absolute atomic E-state index is 13.1. The number of esters is 1. The van der Waals surface area contributed by atoms with Crippen molar-refractivity contribution in [1.29, 1.82) is 0 Å². The Balaban J connectivity index is 1.63. The number of nitrogens with one attached hydrogen (secondary N) is 1. The molecular weight excluding hydrogens is 439 g/mol. The van der Waals surface area contributed by atoms with E-state index in [1.165, 1.54) is 12.1 Å². The fraction of sp³-hybridized carbons (Fsp3) is 0.304. The van der Waals surface area contributed by atoms with Crippen LogP contribution in [0.3, 0.4) is 0 Å². The molecule has 7 nitrogen and oxygen atoms in total. The zero-order valence-corrected chi connectivity index (χ0v) is 18.1. The van der Waals surface area contributed by atoms with Gasteiger partial charge in [0.2, 0.25) is 11.7 Å². The molecule has 0 unspecified atom stereocenters. The maximum atomic E-state index is 13.1. The van der Waals surface area contributed by atoms with Crippen molar-refractivity contribution >= 4 is 35.2 Å². The molecule has 1 N–H and O–H groups in total. The van der Waals surface area contributed by atoms with Crippen LogP contribution in [0.5, 0.6) is 0 Å². The molecule has 1 heterocycles. The van der Waals surface area contributed by atoms with Gasteiger partial charge in [-0.15, -0.1) is 11.6 Å². The number of ketones is 1. The highest BCUT2D eigenvalue weighted by Crippen LogP contribution is 2.21. The average Bonchev–Trinajstić information content (AvgIpc) is 3.14. The molecule has 2 atom stereocenters. The topological polar surface area (TPSA) is 92.8 Å². The van der Waals surface area contributed by atoms with E-state index in [4.69, 9.17) is 16.3 Å². The Bertz CT molecular complexity index is 1030. The Morgan fingerprint density at radius 3 is 2.53 bits per heavy atom. The van der Waals surface area contributed by atoms with Crippen molar-refractivity contribution in [3.8, 4) is 0 Å². The van der Waals surface area contributed by atoms with Crippen molar-refractivity contribution < 1.29 is 28.3 Å². The molecule has 2 aromatic rings. The van der Waals surface area contributed by atoms with Gasteiger partial charge >= 0.3 is 5.97 Å². The van der Waals surface area contributed by atoms with Gasteiger partial charge in [0.15, 0.2) is 6.10 Å². The summed E-state index contributed by atoms with van der Waals surface area (Å²) in [6.45, 7) is 1.70. The molecule has 0 saturated carbocycles. The lowest BCUT2D eigenvalue weighted by Gasteiger charge is -2.20. The molecule has 1 aliphatic heterocycles. The molecule has 1 fully saturated rings. The number of rotatable bonds is 8. The summed E-state index contributed by atoms with van der Waals surface area (Å²) in [6.07, 6.45) is -1.25. The van der Waals surface area contributed by atoms with E-state index < -0.39 is 41.4 Å². The second-order valence-electron chi connectivity index (χ2n) is 7.44. The fourth-order valence-corrected chi connectivity index (χ4v) is 3.56. The number of nitrogens with zero attached hydrogens (tertiary/aromatic N) is 1. The van der Waals surface area contributed by atoms with Crippen LogP contribution < -0.4 is 5.43 Å². The summed E-state index contributed by atoms with van der Waals surface area (Å²) in [5, 5.41) is 1.08. The number of carbonyl (C=O) groups is 4. The number of Topliss-reactive ketones (excluding diaryl/α,β-unsaturated/α-hetero) is 1. The number of amides is 2. The van der Waals surface area contributed by atoms with Gasteiger partial charge in [0, 0.05) is 29.8 Å². The van der Waals surface area contributed by atoms with Crippen molar-refractivity contribution in [2.24, 2.45) is 5.92 Å². The molecule has 1 saturated heterocycles. The number of hydrazine groups is 1. The minimum absolute atomic E-state index is 0.0626. The Morgan fingerprint density at radius 1 is 1.19 bits per heavy atom. The van der Waals surface area contributed by atoms with Crippen LogP contribution in [0.25, 0.3) is 0 Å². The minimum Gasteiger partial charge on any atom is -0.454 e. The molecule has 0 spiro atoms. The lowest BCUT2D eigenvalue weighted by Crippen LogP contribution is -2.44. The number of benzene rings is 2. The summed E-state index contributed by atoms with van der Waals surface area (Å²) in [6, 6.07) is 11.8. The largest absolute Gasteiger partial charge is 0.454 e. The first-order chi connectivity index (χ1) is 15.3. The fourth-order valence-electron chi connectivity index (χ4n) is 3.36. The first kappa shape index (κ1) is 23.4. The van der Waals surface area contributed by atoms with Crippen molar-refractivity contribution in [2.75, 3.05) is 12.4 Å². The second kappa shape index (κ2) is 10.4. The number of ether oxygens (including phenoxy) is 1. The third-order valence-corrected chi connectivity index (χ3v) is 5.35. The molecule has 3 rings (SSSR count). The van der Waals surface area contributed by atoms with Crippen LogP contribution >= 0.6 is 11.6 Å². The van der Waals surface area contributed by atoms with Gasteiger partial charge in [-0.3, -0.25) is 29.6 Å². The lowest BCUT2D eigenvalue weighted by atomic mass is 10.0. The Hall–Kier alpha value is -3.26.